The van der Waals surface area contributed by atoms with E-state index >= 15 is 0 Å². The standard InChI is InChI=1S/C11H10F3NO/c1-11(2,6-15)8-4-3-7(5-9(8)12)16-10(13)14/h3-5,10H,1-2H3. The minimum absolute atomic E-state index is 0.150. The van der Waals surface area contributed by atoms with Crippen LogP contribution in [-0.4, -0.2) is 6.61 Å². The zero-order valence-corrected chi connectivity index (χ0v) is 8.80. The first-order valence-electron chi connectivity index (χ1n) is 4.53. The average molecular weight is 229 g/mol. The van der Waals surface area contributed by atoms with Crippen LogP contribution < -0.4 is 4.74 Å². The van der Waals surface area contributed by atoms with Crippen LogP contribution in [0, 0.1) is 17.1 Å². The van der Waals surface area contributed by atoms with Gasteiger partial charge in [0.05, 0.1) is 11.5 Å². The van der Waals surface area contributed by atoms with Crippen molar-refractivity contribution in [3.63, 3.8) is 0 Å². The molecule has 0 spiro atoms. The second-order valence-electron chi connectivity index (χ2n) is 3.76. The fourth-order valence-electron chi connectivity index (χ4n) is 1.24. The van der Waals surface area contributed by atoms with Gasteiger partial charge >= 0.3 is 6.61 Å². The molecular formula is C11H10F3NO. The van der Waals surface area contributed by atoms with E-state index in [0.29, 0.717) is 0 Å². The summed E-state index contributed by atoms with van der Waals surface area (Å²) in [6, 6.07) is 5.26. The summed E-state index contributed by atoms with van der Waals surface area (Å²) >= 11 is 0. The normalized spacial score (nSPS) is 11.3. The highest BCUT2D eigenvalue weighted by Crippen LogP contribution is 2.28. The molecule has 1 rings (SSSR count). The molecule has 0 amide bonds. The fraction of sp³-hybridized carbons (Fsp3) is 0.364. The molecule has 86 valence electrons. The van der Waals surface area contributed by atoms with Crippen molar-refractivity contribution >= 4 is 0 Å². The number of rotatable bonds is 3. The maximum Gasteiger partial charge on any atom is 0.387 e. The van der Waals surface area contributed by atoms with Crippen molar-refractivity contribution in [2.24, 2.45) is 0 Å². The number of halogens is 3. The topological polar surface area (TPSA) is 33.0 Å². The first-order chi connectivity index (χ1) is 7.36. The Balaban J connectivity index is 3.06. The largest absolute Gasteiger partial charge is 0.435 e. The molecule has 0 radical (unpaired) electrons. The molecule has 0 bridgehead atoms. The molecule has 2 nitrogen and oxygen atoms in total. The summed E-state index contributed by atoms with van der Waals surface area (Å²) in [6.45, 7) is 0.0900. The van der Waals surface area contributed by atoms with Gasteiger partial charge in [-0.1, -0.05) is 6.07 Å². The SMILES string of the molecule is CC(C)(C#N)c1ccc(OC(F)F)cc1F. The maximum absolute atomic E-state index is 13.5. The van der Waals surface area contributed by atoms with Crippen LogP contribution in [0.2, 0.25) is 0 Å². The summed E-state index contributed by atoms with van der Waals surface area (Å²) in [5, 5.41) is 8.82. The third-order valence-electron chi connectivity index (χ3n) is 2.12. The monoisotopic (exact) mass is 229 g/mol. The quantitative estimate of drug-likeness (QED) is 0.797. The lowest BCUT2D eigenvalue weighted by Gasteiger charge is -2.17. The van der Waals surface area contributed by atoms with Crippen LogP contribution in [0.25, 0.3) is 0 Å². The van der Waals surface area contributed by atoms with E-state index in [1.165, 1.54) is 12.1 Å². The molecule has 0 aliphatic heterocycles. The second-order valence-corrected chi connectivity index (χ2v) is 3.76. The fourth-order valence-corrected chi connectivity index (χ4v) is 1.24. The van der Waals surface area contributed by atoms with E-state index in [9.17, 15) is 13.2 Å². The van der Waals surface area contributed by atoms with Crippen molar-refractivity contribution in [2.45, 2.75) is 25.9 Å². The van der Waals surface area contributed by atoms with Crippen LogP contribution in [0.5, 0.6) is 5.75 Å². The Bertz CT molecular complexity index is 424. The molecule has 1 aromatic carbocycles. The second kappa shape index (κ2) is 4.44. The van der Waals surface area contributed by atoms with E-state index in [1.807, 2.05) is 6.07 Å². The number of nitriles is 1. The summed E-state index contributed by atoms with van der Waals surface area (Å²) in [4.78, 5) is 0. The van der Waals surface area contributed by atoms with Crippen molar-refractivity contribution in [3.05, 3.63) is 29.6 Å². The lowest BCUT2D eigenvalue weighted by atomic mass is 9.86. The molecule has 0 aliphatic rings. The van der Waals surface area contributed by atoms with Gasteiger partial charge in [-0.3, -0.25) is 0 Å². The van der Waals surface area contributed by atoms with Gasteiger partial charge in [0.25, 0.3) is 0 Å². The summed E-state index contributed by atoms with van der Waals surface area (Å²) in [7, 11) is 0. The Morgan fingerprint density at radius 1 is 1.38 bits per heavy atom. The molecule has 0 heterocycles. The van der Waals surface area contributed by atoms with E-state index in [4.69, 9.17) is 5.26 Å². The van der Waals surface area contributed by atoms with Gasteiger partial charge in [-0.15, -0.1) is 0 Å². The Morgan fingerprint density at radius 2 is 2.00 bits per heavy atom. The Kier molecular flexibility index (Phi) is 3.43. The van der Waals surface area contributed by atoms with E-state index in [1.54, 1.807) is 13.8 Å². The first-order valence-corrected chi connectivity index (χ1v) is 4.53. The predicted octanol–water partition coefficient (Wildman–Crippen LogP) is 3.23. The lowest BCUT2D eigenvalue weighted by molar-refractivity contribution is -0.0500. The van der Waals surface area contributed by atoms with Crippen LogP contribution in [0.1, 0.15) is 19.4 Å². The molecule has 0 aromatic heterocycles. The molecule has 0 aliphatic carbocycles. The zero-order chi connectivity index (χ0) is 12.3. The van der Waals surface area contributed by atoms with E-state index < -0.39 is 17.8 Å². The maximum atomic E-state index is 13.5. The van der Waals surface area contributed by atoms with Gasteiger partial charge < -0.3 is 4.74 Å². The summed E-state index contributed by atoms with van der Waals surface area (Å²) in [5.41, 5.74) is -0.857. The third kappa shape index (κ3) is 2.66. The summed E-state index contributed by atoms with van der Waals surface area (Å²) in [5.74, 6) is -0.991. The van der Waals surface area contributed by atoms with Gasteiger partial charge in [0.15, 0.2) is 0 Å². The Hall–Kier alpha value is -1.70. The number of ether oxygens (including phenoxy) is 1. The van der Waals surface area contributed by atoms with Crippen LogP contribution in [0.3, 0.4) is 0 Å². The van der Waals surface area contributed by atoms with Crippen LogP contribution in [-0.2, 0) is 5.41 Å². The smallest absolute Gasteiger partial charge is 0.387 e. The molecule has 0 N–H and O–H groups in total. The highest BCUT2D eigenvalue weighted by Gasteiger charge is 2.24. The average Bonchev–Trinajstić information content (AvgIpc) is 2.16. The van der Waals surface area contributed by atoms with Gasteiger partial charge in [-0.25, -0.2) is 4.39 Å². The van der Waals surface area contributed by atoms with E-state index in [-0.39, 0.29) is 11.3 Å². The highest BCUT2D eigenvalue weighted by atomic mass is 19.3. The lowest BCUT2D eigenvalue weighted by Crippen LogP contribution is -2.16. The number of benzene rings is 1. The summed E-state index contributed by atoms with van der Waals surface area (Å²) in [6.07, 6.45) is 0. The number of hydrogen-bond acceptors (Lipinski definition) is 2. The summed E-state index contributed by atoms with van der Waals surface area (Å²) < 4.78 is 41.3. The minimum atomic E-state index is -2.99. The molecule has 0 fully saturated rings. The molecule has 1 aromatic rings. The predicted molar refractivity (Wildman–Crippen MR) is 51.7 cm³/mol. The van der Waals surface area contributed by atoms with Crippen molar-refractivity contribution in [3.8, 4) is 11.8 Å². The molecule has 0 saturated carbocycles. The Labute approximate surface area is 91.3 Å². The van der Waals surface area contributed by atoms with Crippen LogP contribution in [0.4, 0.5) is 13.2 Å². The van der Waals surface area contributed by atoms with Crippen LogP contribution in [0.15, 0.2) is 18.2 Å². The van der Waals surface area contributed by atoms with Crippen molar-refractivity contribution in [1.29, 1.82) is 5.26 Å². The third-order valence-corrected chi connectivity index (χ3v) is 2.12. The van der Waals surface area contributed by atoms with Crippen molar-refractivity contribution in [1.82, 2.24) is 0 Å². The molecule has 0 saturated heterocycles. The number of alkyl halides is 2. The molecule has 16 heavy (non-hydrogen) atoms. The minimum Gasteiger partial charge on any atom is -0.435 e. The molecule has 0 atom stereocenters. The van der Waals surface area contributed by atoms with E-state index in [2.05, 4.69) is 4.74 Å². The number of nitrogens with zero attached hydrogens (tertiary/aromatic N) is 1. The molecular weight excluding hydrogens is 219 g/mol. The van der Waals surface area contributed by atoms with Crippen molar-refractivity contribution in [2.75, 3.05) is 0 Å². The van der Waals surface area contributed by atoms with Gasteiger partial charge in [-0.05, 0) is 19.9 Å². The van der Waals surface area contributed by atoms with Gasteiger partial charge in [0.1, 0.15) is 11.6 Å². The number of hydrogen-bond donors (Lipinski definition) is 0. The highest BCUT2D eigenvalue weighted by molar-refractivity contribution is 5.36. The molecule has 5 heteroatoms. The Morgan fingerprint density at radius 3 is 2.44 bits per heavy atom. The van der Waals surface area contributed by atoms with Gasteiger partial charge in [0, 0.05) is 11.6 Å². The first kappa shape index (κ1) is 12.4. The van der Waals surface area contributed by atoms with Crippen LogP contribution >= 0.6 is 0 Å². The van der Waals surface area contributed by atoms with Crippen molar-refractivity contribution < 1.29 is 17.9 Å². The van der Waals surface area contributed by atoms with Gasteiger partial charge in [-0.2, -0.15) is 14.0 Å². The zero-order valence-electron chi connectivity index (χ0n) is 8.80. The van der Waals surface area contributed by atoms with Gasteiger partial charge in [0.2, 0.25) is 0 Å². The van der Waals surface area contributed by atoms with E-state index in [0.717, 1.165) is 6.07 Å². The molecule has 0 unspecified atom stereocenters.